The number of nitrogens with zero attached hydrogens (tertiary/aromatic N) is 1. The molecule has 2 rings (SSSR count). The first-order chi connectivity index (χ1) is 8.06. The minimum atomic E-state index is -0.632. The number of hydrogen-bond donors (Lipinski definition) is 1. The Morgan fingerprint density at radius 1 is 1.41 bits per heavy atom. The molecule has 17 heavy (non-hydrogen) atoms. The van der Waals surface area contributed by atoms with Gasteiger partial charge in [0.15, 0.2) is 0 Å². The molecule has 2 aromatic heterocycles. The summed E-state index contributed by atoms with van der Waals surface area (Å²) in [6.07, 6.45) is 1.56. The average molecular weight is 398 g/mol. The minimum absolute atomic E-state index is 0.518. The van der Waals surface area contributed by atoms with Crippen molar-refractivity contribution in [2.24, 2.45) is 0 Å². The minimum Gasteiger partial charge on any atom is -0.386 e. The summed E-state index contributed by atoms with van der Waals surface area (Å²) in [5.41, 5.74) is 0.637. The highest BCUT2D eigenvalue weighted by atomic mass is 79.9. The highest BCUT2D eigenvalue weighted by molar-refractivity contribution is 9.11. The number of thiophene rings is 1. The van der Waals surface area contributed by atoms with Gasteiger partial charge in [-0.2, -0.15) is 0 Å². The van der Waals surface area contributed by atoms with Crippen molar-refractivity contribution >= 4 is 54.8 Å². The molecule has 1 unspecified atom stereocenters. The molecule has 2 heterocycles. The summed E-state index contributed by atoms with van der Waals surface area (Å²) in [5.74, 6) is 0. The van der Waals surface area contributed by atoms with Crippen LogP contribution >= 0.6 is 54.8 Å². The largest absolute Gasteiger partial charge is 0.386 e. The molecule has 6 heteroatoms. The second-order valence-electron chi connectivity index (χ2n) is 3.45. The topological polar surface area (TPSA) is 33.1 Å². The van der Waals surface area contributed by atoms with E-state index in [4.69, 9.17) is 11.6 Å². The summed E-state index contributed by atoms with van der Waals surface area (Å²) in [5, 5.41) is 10.1. The van der Waals surface area contributed by atoms with Crippen LogP contribution in [0.1, 0.15) is 16.7 Å². The quantitative estimate of drug-likeness (QED) is 0.821. The standard InChI is InChI=1S/C11H8Br2ClNOS/c12-6-3-8(13)11(15-5-6)9(16)4-7-1-2-10(14)17-7/h1-3,5,9,16H,4H2. The van der Waals surface area contributed by atoms with E-state index >= 15 is 0 Å². The Morgan fingerprint density at radius 3 is 2.76 bits per heavy atom. The van der Waals surface area contributed by atoms with Crippen LogP contribution in [0.15, 0.2) is 33.3 Å². The number of hydrogen-bond acceptors (Lipinski definition) is 3. The van der Waals surface area contributed by atoms with Gasteiger partial charge in [-0.1, -0.05) is 11.6 Å². The average Bonchev–Trinajstić information content (AvgIpc) is 2.63. The molecular formula is C11H8Br2ClNOS. The first-order valence-electron chi connectivity index (χ1n) is 4.79. The van der Waals surface area contributed by atoms with E-state index < -0.39 is 6.10 Å². The van der Waals surface area contributed by atoms with Gasteiger partial charge in [-0.3, -0.25) is 4.98 Å². The molecule has 0 aliphatic rings. The Labute approximate surface area is 125 Å². The Balaban J connectivity index is 2.17. The predicted molar refractivity (Wildman–Crippen MR) is 77.6 cm³/mol. The Morgan fingerprint density at radius 2 is 2.18 bits per heavy atom. The smallest absolute Gasteiger partial charge is 0.102 e. The monoisotopic (exact) mass is 395 g/mol. The van der Waals surface area contributed by atoms with Crippen LogP contribution in [0.3, 0.4) is 0 Å². The third-order valence-corrected chi connectivity index (χ3v) is 4.50. The van der Waals surface area contributed by atoms with Crippen molar-refractivity contribution in [3.8, 4) is 0 Å². The van der Waals surface area contributed by atoms with Gasteiger partial charge in [-0.05, 0) is 50.1 Å². The molecule has 0 fully saturated rings. The van der Waals surface area contributed by atoms with Gasteiger partial charge in [0.25, 0.3) is 0 Å². The lowest BCUT2D eigenvalue weighted by Gasteiger charge is -2.10. The van der Waals surface area contributed by atoms with Crippen molar-refractivity contribution in [3.63, 3.8) is 0 Å². The van der Waals surface area contributed by atoms with Crippen LogP contribution in [0.25, 0.3) is 0 Å². The third-order valence-electron chi connectivity index (χ3n) is 2.18. The van der Waals surface area contributed by atoms with Crippen molar-refractivity contribution in [1.29, 1.82) is 0 Å². The van der Waals surface area contributed by atoms with Gasteiger partial charge in [0.05, 0.1) is 10.0 Å². The fourth-order valence-corrected chi connectivity index (χ4v) is 3.79. The number of aromatic nitrogens is 1. The Hall–Kier alpha value is 0.0600. The highest BCUT2D eigenvalue weighted by Crippen LogP contribution is 2.29. The normalized spacial score (nSPS) is 12.7. The van der Waals surface area contributed by atoms with E-state index in [1.54, 1.807) is 6.20 Å². The van der Waals surface area contributed by atoms with E-state index in [1.165, 1.54) is 11.3 Å². The van der Waals surface area contributed by atoms with Gasteiger partial charge in [-0.25, -0.2) is 0 Å². The van der Waals surface area contributed by atoms with Crippen LogP contribution in [0, 0.1) is 0 Å². The van der Waals surface area contributed by atoms with E-state index in [0.717, 1.165) is 18.2 Å². The maximum Gasteiger partial charge on any atom is 0.102 e. The van der Waals surface area contributed by atoms with Crippen LogP contribution in [-0.2, 0) is 6.42 Å². The molecule has 0 radical (unpaired) electrons. The summed E-state index contributed by atoms with van der Waals surface area (Å²) >= 11 is 14.0. The first kappa shape index (κ1) is 13.5. The van der Waals surface area contributed by atoms with E-state index in [2.05, 4.69) is 36.8 Å². The zero-order chi connectivity index (χ0) is 12.4. The molecule has 0 aliphatic carbocycles. The van der Waals surface area contributed by atoms with Crippen LogP contribution in [-0.4, -0.2) is 10.1 Å². The van der Waals surface area contributed by atoms with Gasteiger partial charge >= 0.3 is 0 Å². The first-order valence-corrected chi connectivity index (χ1v) is 7.57. The lowest BCUT2D eigenvalue weighted by atomic mass is 10.1. The highest BCUT2D eigenvalue weighted by Gasteiger charge is 2.15. The molecule has 0 amide bonds. The van der Waals surface area contributed by atoms with Gasteiger partial charge in [-0.15, -0.1) is 11.3 Å². The van der Waals surface area contributed by atoms with Crippen LogP contribution < -0.4 is 0 Å². The van der Waals surface area contributed by atoms with Crippen LogP contribution in [0.4, 0.5) is 0 Å². The molecule has 1 atom stereocenters. The third kappa shape index (κ3) is 3.51. The van der Waals surface area contributed by atoms with E-state index in [9.17, 15) is 5.11 Å². The molecule has 0 spiro atoms. The van der Waals surface area contributed by atoms with E-state index in [0.29, 0.717) is 12.1 Å². The van der Waals surface area contributed by atoms with Gasteiger partial charge < -0.3 is 5.11 Å². The summed E-state index contributed by atoms with van der Waals surface area (Å²) in [4.78, 5) is 5.25. The Kier molecular flexibility index (Phi) is 4.60. The number of aliphatic hydroxyl groups is 1. The predicted octanol–water partition coefficient (Wildman–Crippen LogP) is 4.60. The molecule has 2 aromatic rings. The summed E-state index contributed by atoms with van der Waals surface area (Å²) < 4.78 is 2.40. The molecule has 0 aromatic carbocycles. The molecular weight excluding hydrogens is 389 g/mol. The summed E-state index contributed by atoms with van der Waals surface area (Å²) in [7, 11) is 0. The molecule has 0 saturated heterocycles. The molecule has 0 aliphatic heterocycles. The number of aliphatic hydroxyl groups excluding tert-OH is 1. The molecule has 1 N–H and O–H groups in total. The van der Waals surface area contributed by atoms with Gasteiger partial charge in [0, 0.05) is 26.4 Å². The van der Waals surface area contributed by atoms with Crippen molar-refractivity contribution in [2.45, 2.75) is 12.5 Å². The fourth-order valence-electron chi connectivity index (χ4n) is 1.42. The SMILES string of the molecule is OC(Cc1ccc(Cl)s1)c1ncc(Br)cc1Br. The lowest BCUT2D eigenvalue weighted by molar-refractivity contribution is 0.173. The van der Waals surface area contributed by atoms with Gasteiger partial charge in [0.1, 0.15) is 6.10 Å². The fraction of sp³-hybridized carbons (Fsp3) is 0.182. The molecule has 90 valence electrons. The van der Waals surface area contributed by atoms with Crippen LogP contribution in [0.5, 0.6) is 0 Å². The maximum absolute atomic E-state index is 10.1. The molecule has 0 bridgehead atoms. The van der Waals surface area contributed by atoms with E-state index in [1.807, 2.05) is 18.2 Å². The number of rotatable bonds is 3. The molecule has 0 saturated carbocycles. The second-order valence-corrected chi connectivity index (χ2v) is 7.02. The Bertz CT molecular complexity index is 532. The molecule has 2 nitrogen and oxygen atoms in total. The number of pyridine rings is 1. The number of halogens is 3. The summed E-state index contributed by atoms with van der Waals surface area (Å²) in [6, 6.07) is 5.62. The van der Waals surface area contributed by atoms with Crippen molar-refractivity contribution < 1.29 is 5.11 Å². The van der Waals surface area contributed by atoms with Crippen molar-refractivity contribution in [1.82, 2.24) is 4.98 Å². The van der Waals surface area contributed by atoms with E-state index in [-0.39, 0.29) is 0 Å². The van der Waals surface area contributed by atoms with Gasteiger partial charge in [0.2, 0.25) is 0 Å². The lowest BCUT2D eigenvalue weighted by Crippen LogP contribution is -2.04. The zero-order valence-corrected chi connectivity index (χ0v) is 13.3. The van der Waals surface area contributed by atoms with Crippen molar-refractivity contribution in [3.05, 3.63) is 48.2 Å². The zero-order valence-electron chi connectivity index (χ0n) is 8.53. The van der Waals surface area contributed by atoms with Crippen molar-refractivity contribution in [2.75, 3.05) is 0 Å². The second kappa shape index (κ2) is 5.80. The van der Waals surface area contributed by atoms with Crippen LogP contribution in [0.2, 0.25) is 4.34 Å². The summed E-state index contributed by atoms with van der Waals surface area (Å²) in [6.45, 7) is 0. The maximum atomic E-state index is 10.1.